The third kappa shape index (κ3) is 6.46. The molecule has 1 rings (SSSR count). The molecule has 1 amide bonds. The third-order valence-corrected chi connectivity index (χ3v) is 4.49. The SMILES string of the molecule is CCCCCC[N+](C)(C)CNC(=O)c1ccc(C[O])c(Br)c1. The van der Waals surface area contributed by atoms with Gasteiger partial charge in [-0.1, -0.05) is 41.8 Å². The molecule has 0 aromatic heterocycles. The summed E-state index contributed by atoms with van der Waals surface area (Å²) in [6.45, 7) is 3.58. The number of hydrogen-bond acceptors (Lipinski definition) is 1. The van der Waals surface area contributed by atoms with Gasteiger partial charge in [0.1, 0.15) is 6.61 Å². The van der Waals surface area contributed by atoms with Crippen LogP contribution >= 0.6 is 15.9 Å². The summed E-state index contributed by atoms with van der Waals surface area (Å²) >= 11 is 3.33. The molecule has 0 heterocycles. The lowest BCUT2D eigenvalue weighted by atomic mass is 10.1. The Morgan fingerprint density at radius 2 is 1.95 bits per heavy atom. The van der Waals surface area contributed by atoms with Crippen LogP contribution in [0, 0.1) is 0 Å². The summed E-state index contributed by atoms with van der Waals surface area (Å²) in [6.07, 6.45) is 4.93. The number of unbranched alkanes of at least 4 members (excludes halogenated alkanes) is 3. The first-order valence-corrected chi connectivity index (χ1v) is 8.65. The summed E-state index contributed by atoms with van der Waals surface area (Å²) in [5, 5.41) is 13.9. The van der Waals surface area contributed by atoms with Crippen molar-refractivity contribution < 1.29 is 14.4 Å². The van der Waals surface area contributed by atoms with Gasteiger partial charge >= 0.3 is 0 Å². The Labute approximate surface area is 142 Å². The normalized spacial score (nSPS) is 11.5. The van der Waals surface area contributed by atoms with Crippen LogP contribution in [0.4, 0.5) is 0 Å². The van der Waals surface area contributed by atoms with Crippen molar-refractivity contribution in [1.82, 2.24) is 5.32 Å². The maximum Gasteiger partial charge on any atom is 0.255 e. The minimum atomic E-state index is -0.288. The van der Waals surface area contributed by atoms with Gasteiger partial charge in [-0.3, -0.25) is 4.79 Å². The lowest BCUT2D eigenvalue weighted by Gasteiger charge is -2.29. The van der Waals surface area contributed by atoms with Gasteiger partial charge in [0.25, 0.3) is 5.91 Å². The van der Waals surface area contributed by atoms with Crippen molar-refractivity contribution in [3.8, 4) is 0 Å². The maximum atomic E-state index is 12.2. The van der Waals surface area contributed by atoms with E-state index in [-0.39, 0.29) is 12.5 Å². The molecule has 5 heteroatoms. The molecule has 4 nitrogen and oxygen atoms in total. The van der Waals surface area contributed by atoms with Gasteiger partial charge in [0.05, 0.1) is 20.6 Å². The molecule has 1 radical (unpaired) electrons. The Hall–Kier alpha value is -0.910. The summed E-state index contributed by atoms with van der Waals surface area (Å²) in [4.78, 5) is 12.2. The second-order valence-corrected chi connectivity index (χ2v) is 7.19. The van der Waals surface area contributed by atoms with Gasteiger partial charge in [0.2, 0.25) is 0 Å². The third-order valence-electron chi connectivity index (χ3n) is 3.76. The van der Waals surface area contributed by atoms with Gasteiger partial charge in [-0.25, -0.2) is 5.11 Å². The van der Waals surface area contributed by atoms with E-state index in [1.807, 2.05) is 0 Å². The molecule has 0 fully saturated rings. The van der Waals surface area contributed by atoms with Crippen LogP contribution in [0.5, 0.6) is 0 Å². The fourth-order valence-electron chi connectivity index (χ4n) is 2.24. The molecule has 1 aromatic rings. The van der Waals surface area contributed by atoms with Crippen LogP contribution in [0.3, 0.4) is 0 Å². The summed E-state index contributed by atoms with van der Waals surface area (Å²) in [5.41, 5.74) is 1.25. The first kappa shape index (κ1) is 19.1. The molecule has 0 aliphatic rings. The number of halogens is 1. The van der Waals surface area contributed by atoms with Crippen LogP contribution in [-0.2, 0) is 11.7 Å². The van der Waals surface area contributed by atoms with Crippen LogP contribution in [0.25, 0.3) is 0 Å². The van der Waals surface area contributed by atoms with E-state index in [9.17, 15) is 9.90 Å². The van der Waals surface area contributed by atoms with Gasteiger partial charge in [0, 0.05) is 10.0 Å². The molecule has 0 saturated heterocycles. The van der Waals surface area contributed by atoms with Gasteiger partial charge in [0.15, 0.2) is 6.67 Å². The highest BCUT2D eigenvalue weighted by molar-refractivity contribution is 9.10. The van der Waals surface area contributed by atoms with Crippen molar-refractivity contribution in [3.05, 3.63) is 33.8 Å². The molecule has 0 aliphatic carbocycles. The molecule has 1 N–H and O–H groups in total. The van der Waals surface area contributed by atoms with Crippen molar-refractivity contribution in [2.24, 2.45) is 0 Å². The largest absolute Gasteiger partial charge is 0.311 e. The number of rotatable bonds is 9. The number of benzene rings is 1. The molecule has 22 heavy (non-hydrogen) atoms. The number of nitrogens with one attached hydrogen (secondary N) is 1. The maximum absolute atomic E-state index is 12.2. The highest BCUT2D eigenvalue weighted by Gasteiger charge is 2.16. The Morgan fingerprint density at radius 3 is 2.55 bits per heavy atom. The van der Waals surface area contributed by atoms with Crippen LogP contribution in [0.15, 0.2) is 22.7 Å². The van der Waals surface area contributed by atoms with Crippen molar-refractivity contribution in [3.63, 3.8) is 0 Å². The van der Waals surface area contributed by atoms with Crippen LogP contribution < -0.4 is 5.32 Å². The predicted octanol–water partition coefficient (Wildman–Crippen LogP) is 3.72. The molecular formula is C17H27BrN2O2+. The number of amides is 1. The number of nitrogens with zero attached hydrogens (tertiary/aromatic N) is 1. The van der Waals surface area contributed by atoms with E-state index >= 15 is 0 Å². The van der Waals surface area contributed by atoms with Crippen molar-refractivity contribution >= 4 is 21.8 Å². The summed E-state index contributed by atoms with van der Waals surface area (Å²) in [7, 11) is 4.26. The van der Waals surface area contributed by atoms with Crippen LogP contribution in [0.2, 0.25) is 0 Å². The van der Waals surface area contributed by atoms with E-state index < -0.39 is 0 Å². The van der Waals surface area contributed by atoms with E-state index in [1.54, 1.807) is 18.2 Å². The Morgan fingerprint density at radius 1 is 1.23 bits per heavy atom. The minimum absolute atomic E-state index is 0.0992. The van der Waals surface area contributed by atoms with Crippen molar-refractivity contribution in [2.45, 2.75) is 39.2 Å². The molecule has 123 valence electrons. The van der Waals surface area contributed by atoms with Gasteiger partial charge in [-0.05, 0) is 30.5 Å². The average molecular weight is 371 g/mol. The first-order chi connectivity index (χ1) is 10.4. The zero-order valence-electron chi connectivity index (χ0n) is 13.8. The van der Waals surface area contributed by atoms with Gasteiger partial charge < -0.3 is 9.80 Å². The molecular weight excluding hydrogens is 344 g/mol. The van der Waals surface area contributed by atoms with E-state index in [0.717, 1.165) is 11.0 Å². The molecule has 1 aromatic carbocycles. The zero-order chi connectivity index (χ0) is 16.6. The minimum Gasteiger partial charge on any atom is -0.311 e. The second-order valence-electron chi connectivity index (χ2n) is 6.33. The van der Waals surface area contributed by atoms with Gasteiger partial charge in [-0.2, -0.15) is 0 Å². The van der Waals surface area contributed by atoms with E-state index in [2.05, 4.69) is 42.3 Å². The number of carbonyl (C=O) groups excluding carboxylic acids is 1. The average Bonchev–Trinajstić information content (AvgIpc) is 2.49. The quantitative estimate of drug-likeness (QED) is 0.401. The lowest BCUT2D eigenvalue weighted by Crippen LogP contribution is -2.48. The molecule has 0 atom stereocenters. The summed E-state index contributed by atoms with van der Waals surface area (Å²) < 4.78 is 1.47. The molecule has 0 unspecified atom stereocenters. The zero-order valence-corrected chi connectivity index (χ0v) is 15.4. The monoisotopic (exact) mass is 370 g/mol. The summed E-state index contributed by atoms with van der Waals surface area (Å²) in [6, 6.07) is 5.12. The molecule has 0 bridgehead atoms. The van der Waals surface area contributed by atoms with Gasteiger partial charge in [-0.15, -0.1) is 0 Å². The smallest absolute Gasteiger partial charge is 0.255 e. The van der Waals surface area contributed by atoms with Crippen LogP contribution in [0.1, 0.15) is 48.5 Å². The fourth-order valence-corrected chi connectivity index (χ4v) is 2.73. The van der Waals surface area contributed by atoms with E-state index in [1.165, 1.54) is 25.7 Å². The molecule has 0 aliphatic heterocycles. The number of carbonyl (C=O) groups is 1. The standard InChI is InChI=1S/C17H26BrN2O2/c1-4-5-6-7-10-20(2,3)13-19-17(22)14-8-9-15(12-21)16(18)11-14/h8-9,11H,4-7,10,12-13H2,1-3H3/p+1. The summed E-state index contributed by atoms with van der Waals surface area (Å²) in [5.74, 6) is -0.0992. The highest BCUT2D eigenvalue weighted by atomic mass is 79.9. The fraction of sp³-hybridized carbons (Fsp3) is 0.588. The number of hydrogen-bond donors (Lipinski definition) is 1. The molecule has 0 saturated carbocycles. The Balaban J connectivity index is 2.49. The topological polar surface area (TPSA) is 49.0 Å². The van der Waals surface area contributed by atoms with Crippen molar-refractivity contribution in [1.29, 1.82) is 0 Å². The van der Waals surface area contributed by atoms with E-state index in [0.29, 0.717) is 22.3 Å². The first-order valence-electron chi connectivity index (χ1n) is 7.86. The van der Waals surface area contributed by atoms with Crippen molar-refractivity contribution in [2.75, 3.05) is 27.3 Å². The van der Waals surface area contributed by atoms with Crippen LogP contribution in [-0.4, -0.2) is 37.7 Å². The van der Waals surface area contributed by atoms with E-state index in [4.69, 9.17) is 0 Å². The second kappa shape index (κ2) is 9.28. The number of quaternary nitrogens is 1. The predicted molar refractivity (Wildman–Crippen MR) is 92.0 cm³/mol. The lowest BCUT2D eigenvalue weighted by molar-refractivity contribution is -0.892. The Bertz CT molecular complexity index is 490. The molecule has 0 spiro atoms. The Kier molecular flexibility index (Phi) is 8.07. The highest BCUT2D eigenvalue weighted by Crippen LogP contribution is 2.18.